The number of carbonyl (C=O) groups is 4. The summed E-state index contributed by atoms with van der Waals surface area (Å²) in [5, 5.41) is 21.8. The van der Waals surface area contributed by atoms with Crippen LogP contribution < -0.4 is 0 Å². The zero-order valence-corrected chi connectivity index (χ0v) is 60.8. The summed E-state index contributed by atoms with van der Waals surface area (Å²) in [6.45, 7) is 6.87. The summed E-state index contributed by atoms with van der Waals surface area (Å²) >= 11 is 1.18. The van der Waals surface area contributed by atoms with Crippen LogP contribution in [0.4, 0.5) is 52.7 Å². The number of likely N-dealkylation sites (N-methyl/N-ethyl adjacent to an activating group) is 2. The molecule has 0 bridgehead atoms. The maximum atomic E-state index is 13.3. The Bertz CT molecular complexity index is 4750. The lowest BCUT2D eigenvalue weighted by Gasteiger charge is -2.33. The third-order valence-corrected chi connectivity index (χ3v) is 22.2. The number of nitrogens with zero attached hydrogens (tertiary/aromatic N) is 14. The Labute approximate surface area is 628 Å². The van der Waals surface area contributed by atoms with Crippen LogP contribution >= 0.6 is 11.5 Å². The van der Waals surface area contributed by atoms with E-state index in [0.29, 0.717) is 173 Å². The minimum absolute atomic E-state index is 0.0868. The highest BCUT2D eigenvalue weighted by Gasteiger charge is 2.42. The van der Waals surface area contributed by atoms with Crippen LogP contribution in [0.5, 0.6) is 0 Å². The van der Waals surface area contributed by atoms with E-state index in [2.05, 4.69) is 39.7 Å². The quantitative estimate of drug-likeness (QED) is 0.131. The maximum Gasteiger partial charge on any atom is 0.416 e. The number of hydrogen-bond acceptors (Lipinski definition) is 14. The molecule has 32 heteroatoms. The van der Waals surface area contributed by atoms with Gasteiger partial charge in [0.05, 0.1) is 46.4 Å². The minimum atomic E-state index is -4.37. The molecule has 6 aliphatic rings. The van der Waals surface area contributed by atoms with E-state index < -0.39 is 47.0 Å². The summed E-state index contributed by atoms with van der Waals surface area (Å²) in [5.74, 6) is 0.825. The summed E-state index contributed by atoms with van der Waals surface area (Å²) in [6.07, 6.45) is -12.7. The normalized spacial score (nSPS) is 17.5. The van der Waals surface area contributed by atoms with Crippen molar-refractivity contribution in [1.82, 2.24) is 68.5 Å². The number of hydrogen-bond donors (Lipinski definition) is 0. The lowest BCUT2D eigenvalue weighted by atomic mass is 9.86. The van der Waals surface area contributed by atoms with E-state index in [4.69, 9.17) is 4.52 Å². The Morgan fingerprint density at radius 1 is 0.382 bits per heavy atom. The zero-order chi connectivity index (χ0) is 77.8. The van der Waals surface area contributed by atoms with Gasteiger partial charge < -0.3 is 28.7 Å². The summed E-state index contributed by atoms with van der Waals surface area (Å²) in [6, 6.07) is 37.5. The van der Waals surface area contributed by atoms with Crippen LogP contribution in [0.25, 0.3) is 21.8 Å². The maximum absolute atomic E-state index is 13.3. The molecule has 0 atom stereocenters. The Kier molecular flexibility index (Phi) is 23.3. The summed E-state index contributed by atoms with van der Waals surface area (Å²) in [7, 11) is 3.96. The van der Waals surface area contributed by atoms with Crippen molar-refractivity contribution < 1.29 is 76.4 Å². The molecule has 4 aromatic heterocycles. The average Bonchev–Trinajstić information content (AvgIpc) is 1.08. The third-order valence-electron chi connectivity index (χ3n) is 21.4. The summed E-state index contributed by atoms with van der Waals surface area (Å²) < 4.78 is 173. The van der Waals surface area contributed by atoms with Gasteiger partial charge in [-0.15, -0.1) is 20.4 Å². The summed E-state index contributed by atoms with van der Waals surface area (Å²) in [4.78, 5) is 62.9. The number of amides is 4. The van der Waals surface area contributed by atoms with Crippen LogP contribution in [-0.4, -0.2) is 172 Å². The van der Waals surface area contributed by atoms with E-state index in [1.807, 2.05) is 53.6 Å². The fraction of sp³-hybridized carbons (Fsp3) is 0.410. The number of piperidine rings is 4. The van der Waals surface area contributed by atoms with Gasteiger partial charge in [-0.2, -0.15) is 57.1 Å². The number of rotatable bonds is 8. The topological polar surface area (TPSA) is 188 Å². The highest BCUT2D eigenvalue weighted by Crippen LogP contribution is 2.44. The number of carbonyl (C=O) groups excluding carboxylic acids is 4. The van der Waals surface area contributed by atoms with Crippen molar-refractivity contribution in [2.75, 3.05) is 79.5 Å². The molecule has 16 rings (SSSR count). The fourth-order valence-corrected chi connectivity index (χ4v) is 16.4. The van der Waals surface area contributed by atoms with E-state index >= 15 is 0 Å². The van der Waals surface area contributed by atoms with Crippen LogP contribution in [0, 0.1) is 0 Å². The van der Waals surface area contributed by atoms with E-state index in [1.165, 1.54) is 41.9 Å². The third kappa shape index (κ3) is 17.4. The average molecular weight is 1550 g/mol. The molecule has 580 valence electrons. The monoisotopic (exact) mass is 1550 g/mol. The van der Waals surface area contributed by atoms with Crippen LogP contribution in [0.3, 0.4) is 0 Å². The first-order chi connectivity index (χ1) is 52.6. The molecule has 19 nitrogen and oxygen atoms in total. The van der Waals surface area contributed by atoms with E-state index in [-0.39, 0.29) is 53.1 Å². The number of halogens is 12. The van der Waals surface area contributed by atoms with Gasteiger partial charge in [0.15, 0.2) is 0 Å². The molecule has 0 spiro atoms. The second kappa shape index (κ2) is 32.9. The van der Waals surface area contributed by atoms with Crippen molar-refractivity contribution in [3.63, 3.8) is 0 Å². The second-order valence-corrected chi connectivity index (χ2v) is 29.1. The van der Waals surface area contributed by atoms with Crippen molar-refractivity contribution in [3.05, 3.63) is 224 Å². The molecule has 0 N–H and O–H groups in total. The molecule has 0 unspecified atom stereocenters. The molecule has 4 amide bonds. The molecule has 0 radical (unpaired) electrons. The van der Waals surface area contributed by atoms with E-state index in [0.717, 1.165) is 66.3 Å². The van der Waals surface area contributed by atoms with Gasteiger partial charge in [0.2, 0.25) is 17.4 Å². The highest BCUT2D eigenvalue weighted by molar-refractivity contribution is 7.09. The summed E-state index contributed by atoms with van der Waals surface area (Å²) in [5.41, 5.74) is 0.384. The van der Waals surface area contributed by atoms with Gasteiger partial charge >= 0.3 is 24.7 Å². The number of benzene rings is 6. The van der Waals surface area contributed by atoms with Crippen LogP contribution in [0.1, 0.15) is 173 Å². The molecule has 0 saturated carbocycles. The number of fused-ring (bicyclic) bond motifs is 4. The first-order valence-corrected chi connectivity index (χ1v) is 37.1. The largest absolute Gasteiger partial charge is 0.416 e. The predicted octanol–water partition coefficient (Wildman–Crippen LogP) is 15.7. The van der Waals surface area contributed by atoms with Gasteiger partial charge in [-0.25, -0.2) is 0 Å². The standard InChI is InChI=1S/C20H17F3N2O2.C20H17F3N2OS.2C19H22F3N5O/c2*21-20(22,23)16-7-3-1-5-14(16)13-9-11-25(12-10-13)19(26)18-15-6-2-4-8-17(15)24-27-18;1-25-9-8-16-23-24-17(27(16)12-25)18(28)26-10-6-13(7-11-26)14-4-2-3-5-15(14)19(20,21)22;1-25-10-11-27-16(12-25)23-24-17(27)18(28)26-8-6-13(7-9-26)14-4-2-3-5-15(14)19(20,21)22/h2*1-8,13H,9-12H2;2*2-5,13H,6-12H2,1H3. The number of alkyl halides is 12. The highest BCUT2D eigenvalue weighted by atomic mass is 32.1. The van der Waals surface area contributed by atoms with Gasteiger partial charge in [-0.05, 0) is 165 Å². The first-order valence-electron chi connectivity index (χ1n) is 36.3. The van der Waals surface area contributed by atoms with E-state index in [9.17, 15) is 71.9 Å². The van der Waals surface area contributed by atoms with Crippen LogP contribution in [0.2, 0.25) is 0 Å². The van der Waals surface area contributed by atoms with Crippen molar-refractivity contribution >= 4 is 57.0 Å². The number of aromatic nitrogens is 8. The Morgan fingerprint density at radius 2 is 0.745 bits per heavy atom. The molecule has 10 heterocycles. The predicted molar refractivity (Wildman–Crippen MR) is 384 cm³/mol. The van der Waals surface area contributed by atoms with Gasteiger partial charge in [-0.3, -0.25) is 33.5 Å². The molecular formula is C78H78F12N14O5S. The SMILES string of the molecule is CN1CCc2nnc(C(=O)N3CCC(c4ccccc4C(F)(F)F)CC3)n2C1.CN1CCn2c(nnc2C(=O)N2CCC(c3ccccc3C(F)(F)F)CC2)C1.O=C(c1onc2ccccc12)N1CCC(c2ccccc2C(F)(F)F)CC1.O=C(c1snc2ccccc12)N1CCC(c2ccccc2C(F)(F)F)CC1. The van der Waals surface area contributed by atoms with Crippen LogP contribution in [-0.2, 0) is 50.9 Å². The molecule has 0 aliphatic carbocycles. The lowest BCUT2D eigenvalue weighted by molar-refractivity contribution is -0.139. The molecule has 6 aromatic carbocycles. The number of likely N-dealkylation sites (tertiary alicyclic amines) is 4. The van der Waals surface area contributed by atoms with Gasteiger partial charge in [-0.1, -0.05) is 108 Å². The lowest BCUT2D eigenvalue weighted by Crippen LogP contribution is -2.41. The fourth-order valence-electron chi connectivity index (χ4n) is 15.5. The van der Waals surface area contributed by atoms with E-state index in [1.54, 1.807) is 80.3 Å². The van der Waals surface area contributed by atoms with Gasteiger partial charge in [0, 0.05) is 83.8 Å². The van der Waals surface area contributed by atoms with Crippen molar-refractivity contribution in [2.24, 2.45) is 0 Å². The van der Waals surface area contributed by atoms with Gasteiger partial charge in [0.1, 0.15) is 22.0 Å². The molecule has 6 aliphatic heterocycles. The first kappa shape index (κ1) is 78.1. The molecule has 110 heavy (non-hydrogen) atoms. The van der Waals surface area contributed by atoms with Gasteiger partial charge in [0.25, 0.3) is 23.6 Å². The zero-order valence-electron chi connectivity index (χ0n) is 60.0. The Morgan fingerprint density at radius 3 is 1.18 bits per heavy atom. The molecule has 10 aromatic rings. The molecule has 4 fully saturated rings. The van der Waals surface area contributed by atoms with Crippen molar-refractivity contribution in [2.45, 2.75) is 126 Å². The Balaban J connectivity index is 0.000000129. The Hall–Kier alpha value is -10.1. The molecule has 4 saturated heterocycles. The minimum Gasteiger partial charge on any atom is -0.350 e. The van der Waals surface area contributed by atoms with Crippen molar-refractivity contribution in [1.29, 1.82) is 0 Å². The molecular weight excluding hydrogens is 1470 g/mol. The van der Waals surface area contributed by atoms with Crippen LogP contribution in [0.15, 0.2) is 150 Å². The smallest absolute Gasteiger partial charge is 0.350 e. The van der Waals surface area contributed by atoms with Crippen molar-refractivity contribution in [3.8, 4) is 0 Å². The second-order valence-electron chi connectivity index (χ2n) is 28.3.